The van der Waals surface area contributed by atoms with Crippen LogP contribution in [-0.2, 0) is 0 Å². The lowest BCUT2D eigenvalue weighted by atomic mass is 10.1. The third-order valence-corrected chi connectivity index (χ3v) is 2.46. The Balaban J connectivity index is 2.57. The van der Waals surface area contributed by atoms with E-state index < -0.39 is 0 Å². The lowest BCUT2D eigenvalue weighted by Crippen LogP contribution is -2.32. The highest BCUT2D eigenvalue weighted by Gasteiger charge is 2.09. The number of nitrogens with two attached hydrogens (primary N) is 1. The maximum Gasteiger partial charge on any atom is 0.0424 e. The van der Waals surface area contributed by atoms with Crippen molar-refractivity contribution in [3.8, 4) is 0 Å². The van der Waals surface area contributed by atoms with Gasteiger partial charge in [0.25, 0.3) is 0 Å². The van der Waals surface area contributed by atoms with Gasteiger partial charge in [0.05, 0.1) is 0 Å². The molecule has 0 radical (unpaired) electrons. The Bertz CT molecular complexity index is 309. The Morgan fingerprint density at radius 2 is 1.69 bits per heavy atom. The summed E-state index contributed by atoms with van der Waals surface area (Å²) in [5.41, 5.74) is 7.31. The van der Waals surface area contributed by atoms with Gasteiger partial charge in [0.1, 0.15) is 0 Å². The van der Waals surface area contributed by atoms with E-state index in [0.29, 0.717) is 0 Å². The average Bonchev–Trinajstić information content (AvgIpc) is 2.31. The highest BCUT2D eigenvalue weighted by Crippen LogP contribution is 2.10. The molecule has 1 atom stereocenters. The molecule has 1 rings (SSSR count). The SMILES string of the molecule is C=CCN(CC=C)C[C@H](N)c1ccccc1. The van der Waals surface area contributed by atoms with Gasteiger partial charge in [-0.15, -0.1) is 13.2 Å². The average molecular weight is 216 g/mol. The maximum absolute atomic E-state index is 6.15. The van der Waals surface area contributed by atoms with E-state index in [4.69, 9.17) is 5.73 Å². The highest BCUT2D eigenvalue weighted by atomic mass is 15.1. The van der Waals surface area contributed by atoms with Gasteiger partial charge in [-0.1, -0.05) is 42.5 Å². The lowest BCUT2D eigenvalue weighted by Gasteiger charge is -2.23. The van der Waals surface area contributed by atoms with E-state index in [1.165, 1.54) is 5.56 Å². The summed E-state index contributed by atoms with van der Waals surface area (Å²) in [6, 6.07) is 10.2. The molecule has 2 N–H and O–H groups in total. The molecule has 0 heterocycles. The molecule has 86 valence electrons. The number of rotatable bonds is 7. The molecule has 2 heteroatoms. The van der Waals surface area contributed by atoms with Crippen LogP contribution in [0, 0.1) is 0 Å². The first-order valence-electron chi connectivity index (χ1n) is 5.52. The number of hydrogen-bond donors (Lipinski definition) is 1. The van der Waals surface area contributed by atoms with Crippen molar-refractivity contribution in [3.05, 3.63) is 61.2 Å². The molecule has 0 aliphatic heterocycles. The molecule has 0 aromatic heterocycles. The summed E-state index contributed by atoms with van der Waals surface area (Å²) in [6.07, 6.45) is 3.78. The van der Waals surface area contributed by atoms with Crippen LogP contribution >= 0.6 is 0 Å². The van der Waals surface area contributed by atoms with Gasteiger partial charge >= 0.3 is 0 Å². The molecule has 16 heavy (non-hydrogen) atoms. The summed E-state index contributed by atoms with van der Waals surface area (Å²) in [5.74, 6) is 0. The van der Waals surface area contributed by atoms with E-state index in [-0.39, 0.29) is 6.04 Å². The van der Waals surface area contributed by atoms with Crippen molar-refractivity contribution in [2.45, 2.75) is 6.04 Å². The minimum absolute atomic E-state index is 0.0427. The van der Waals surface area contributed by atoms with Crippen molar-refractivity contribution in [1.29, 1.82) is 0 Å². The van der Waals surface area contributed by atoms with Crippen LogP contribution < -0.4 is 5.73 Å². The molecule has 2 nitrogen and oxygen atoms in total. The predicted octanol–water partition coefficient (Wildman–Crippen LogP) is 2.36. The van der Waals surface area contributed by atoms with Gasteiger partial charge in [0.2, 0.25) is 0 Å². The largest absolute Gasteiger partial charge is 0.323 e. The van der Waals surface area contributed by atoms with Gasteiger partial charge in [-0.05, 0) is 5.56 Å². The van der Waals surface area contributed by atoms with Gasteiger partial charge in [-0.25, -0.2) is 0 Å². The summed E-state index contributed by atoms with van der Waals surface area (Å²) in [4.78, 5) is 2.22. The first kappa shape index (κ1) is 12.7. The van der Waals surface area contributed by atoms with Crippen LogP contribution in [0.5, 0.6) is 0 Å². The minimum atomic E-state index is 0.0427. The lowest BCUT2D eigenvalue weighted by molar-refractivity contribution is 0.313. The fraction of sp³-hybridized carbons (Fsp3) is 0.286. The van der Waals surface area contributed by atoms with Crippen LogP contribution in [0.2, 0.25) is 0 Å². The summed E-state index contributed by atoms with van der Waals surface area (Å²) in [6.45, 7) is 9.99. The van der Waals surface area contributed by atoms with E-state index in [1.54, 1.807) is 0 Å². The molecule has 0 unspecified atom stereocenters. The van der Waals surface area contributed by atoms with Crippen molar-refractivity contribution in [2.24, 2.45) is 5.73 Å². The fourth-order valence-corrected chi connectivity index (χ4v) is 1.67. The molecule has 1 aromatic rings. The Labute approximate surface area is 98.1 Å². The highest BCUT2D eigenvalue weighted by molar-refractivity contribution is 5.18. The smallest absolute Gasteiger partial charge is 0.0424 e. The first-order chi connectivity index (χ1) is 7.77. The second-order valence-corrected chi connectivity index (χ2v) is 3.81. The van der Waals surface area contributed by atoms with Crippen molar-refractivity contribution < 1.29 is 0 Å². The molecule has 0 saturated heterocycles. The van der Waals surface area contributed by atoms with Crippen molar-refractivity contribution in [2.75, 3.05) is 19.6 Å². The Morgan fingerprint density at radius 3 is 2.19 bits per heavy atom. The topological polar surface area (TPSA) is 29.3 Å². The monoisotopic (exact) mass is 216 g/mol. The number of hydrogen-bond acceptors (Lipinski definition) is 2. The molecular formula is C14H20N2. The Kier molecular flexibility index (Phi) is 5.54. The van der Waals surface area contributed by atoms with Crippen LogP contribution in [0.4, 0.5) is 0 Å². The normalized spacial score (nSPS) is 12.4. The van der Waals surface area contributed by atoms with Crippen LogP contribution in [-0.4, -0.2) is 24.5 Å². The van der Waals surface area contributed by atoms with Crippen molar-refractivity contribution in [3.63, 3.8) is 0 Å². The summed E-state index contributed by atoms with van der Waals surface area (Å²) in [7, 11) is 0. The molecule has 0 saturated carbocycles. The Hall–Kier alpha value is -1.38. The van der Waals surface area contributed by atoms with Gasteiger partial charge in [-0.3, -0.25) is 4.90 Å². The second kappa shape index (κ2) is 6.99. The molecule has 0 spiro atoms. The standard InChI is InChI=1S/C14H20N2/c1-3-10-16(11-4-2)12-14(15)13-8-6-5-7-9-13/h3-9,14H,1-2,10-12,15H2/t14-/m0/s1. The van der Waals surface area contributed by atoms with Gasteiger partial charge in [0.15, 0.2) is 0 Å². The molecule has 0 fully saturated rings. The zero-order valence-corrected chi connectivity index (χ0v) is 9.68. The molecule has 1 aromatic carbocycles. The van der Waals surface area contributed by atoms with Gasteiger partial charge < -0.3 is 5.73 Å². The Morgan fingerprint density at radius 1 is 1.12 bits per heavy atom. The van der Waals surface area contributed by atoms with Crippen LogP contribution in [0.25, 0.3) is 0 Å². The maximum atomic E-state index is 6.15. The first-order valence-corrected chi connectivity index (χ1v) is 5.52. The second-order valence-electron chi connectivity index (χ2n) is 3.81. The van der Waals surface area contributed by atoms with E-state index in [9.17, 15) is 0 Å². The van der Waals surface area contributed by atoms with Crippen molar-refractivity contribution >= 4 is 0 Å². The number of nitrogens with zero attached hydrogens (tertiary/aromatic N) is 1. The zero-order valence-electron chi connectivity index (χ0n) is 9.68. The summed E-state index contributed by atoms with van der Waals surface area (Å²) in [5, 5.41) is 0. The molecular weight excluding hydrogens is 196 g/mol. The third kappa shape index (κ3) is 4.01. The van der Waals surface area contributed by atoms with E-state index in [0.717, 1.165) is 19.6 Å². The summed E-state index contributed by atoms with van der Waals surface area (Å²) < 4.78 is 0. The van der Waals surface area contributed by atoms with Crippen LogP contribution in [0.15, 0.2) is 55.6 Å². The zero-order chi connectivity index (χ0) is 11.8. The fourth-order valence-electron chi connectivity index (χ4n) is 1.67. The molecule has 0 aliphatic rings. The summed E-state index contributed by atoms with van der Waals surface area (Å²) >= 11 is 0. The quantitative estimate of drug-likeness (QED) is 0.709. The van der Waals surface area contributed by atoms with Crippen LogP contribution in [0.3, 0.4) is 0 Å². The molecule has 0 aliphatic carbocycles. The molecule has 0 bridgehead atoms. The molecule has 0 amide bonds. The van der Waals surface area contributed by atoms with Crippen LogP contribution in [0.1, 0.15) is 11.6 Å². The van der Waals surface area contributed by atoms with E-state index >= 15 is 0 Å². The van der Waals surface area contributed by atoms with Gasteiger partial charge in [-0.2, -0.15) is 0 Å². The number of benzene rings is 1. The van der Waals surface area contributed by atoms with E-state index in [1.807, 2.05) is 30.4 Å². The predicted molar refractivity (Wildman–Crippen MR) is 70.2 cm³/mol. The van der Waals surface area contributed by atoms with Gasteiger partial charge in [0, 0.05) is 25.7 Å². The minimum Gasteiger partial charge on any atom is -0.323 e. The third-order valence-electron chi connectivity index (χ3n) is 2.46. The van der Waals surface area contributed by atoms with E-state index in [2.05, 4.69) is 30.2 Å². The van der Waals surface area contributed by atoms with Crippen molar-refractivity contribution in [1.82, 2.24) is 4.90 Å².